The summed E-state index contributed by atoms with van der Waals surface area (Å²) in [6, 6.07) is 3.78. The van der Waals surface area contributed by atoms with Gasteiger partial charge in [0.25, 0.3) is 5.91 Å². The van der Waals surface area contributed by atoms with E-state index >= 15 is 0 Å². The molecule has 106 valence electrons. The number of carbonyl (C=O) groups is 2. The highest BCUT2D eigenvalue weighted by atomic mass is 16.6. The second-order valence-electron chi connectivity index (χ2n) is 3.82. The molecular formula is C12H12N2O6. The second kappa shape index (κ2) is 6.32. The van der Waals surface area contributed by atoms with Crippen LogP contribution in [0.25, 0.3) is 6.08 Å². The van der Waals surface area contributed by atoms with Gasteiger partial charge in [-0.25, -0.2) is 4.79 Å². The van der Waals surface area contributed by atoms with Gasteiger partial charge in [-0.2, -0.15) is 0 Å². The summed E-state index contributed by atoms with van der Waals surface area (Å²) < 4.78 is 5.12. The lowest BCUT2D eigenvalue weighted by Gasteiger charge is -2.11. The number of nitro benzene ring substituents is 1. The van der Waals surface area contributed by atoms with E-state index in [2.05, 4.69) is 0 Å². The largest absolute Gasteiger partial charge is 0.478 e. The SMILES string of the molecule is CC(Oc1cc(C=CC(=O)O)ccc1[N+](=O)[O-])C(N)=O. The van der Waals surface area contributed by atoms with Crippen LogP contribution >= 0.6 is 0 Å². The lowest BCUT2D eigenvalue weighted by atomic mass is 10.1. The zero-order valence-corrected chi connectivity index (χ0v) is 10.5. The number of hydrogen-bond acceptors (Lipinski definition) is 5. The topological polar surface area (TPSA) is 133 Å². The normalized spacial score (nSPS) is 12.1. The Morgan fingerprint density at radius 1 is 1.50 bits per heavy atom. The van der Waals surface area contributed by atoms with Gasteiger partial charge in [0.2, 0.25) is 0 Å². The average molecular weight is 280 g/mol. The molecule has 0 radical (unpaired) electrons. The average Bonchev–Trinajstić information content (AvgIpc) is 2.35. The Bertz CT molecular complexity index is 581. The number of ether oxygens (including phenoxy) is 1. The summed E-state index contributed by atoms with van der Waals surface area (Å²) in [6.07, 6.45) is 1.07. The summed E-state index contributed by atoms with van der Waals surface area (Å²) in [5, 5.41) is 19.4. The van der Waals surface area contributed by atoms with Crippen LogP contribution in [0.4, 0.5) is 5.69 Å². The monoisotopic (exact) mass is 280 g/mol. The second-order valence-corrected chi connectivity index (χ2v) is 3.82. The highest BCUT2D eigenvalue weighted by molar-refractivity contribution is 5.85. The number of hydrogen-bond donors (Lipinski definition) is 2. The molecule has 0 aliphatic heterocycles. The summed E-state index contributed by atoms with van der Waals surface area (Å²) in [5.41, 5.74) is 5.06. The smallest absolute Gasteiger partial charge is 0.328 e. The number of benzene rings is 1. The molecule has 0 saturated carbocycles. The number of carboxylic acid groups (broad SMARTS) is 1. The molecule has 20 heavy (non-hydrogen) atoms. The van der Waals surface area contributed by atoms with Crippen molar-refractivity contribution in [3.05, 3.63) is 40.0 Å². The molecule has 0 aliphatic carbocycles. The van der Waals surface area contributed by atoms with Crippen molar-refractivity contribution in [1.29, 1.82) is 0 Å². The van der Waals surface area contributed by atoms with Gasteiger partial charge >= 0.3 is 11.7 Å². The molecule has 0 spiro atoms. The third-order valence-electron chi connectivity index (χ3n) is 2.30. The molecule has 1 atom stereocenters. The first-order chi connectivity index (χ1) is 9.31. The number of amides is 1. The molecule has 1 unspecified atom stereocenters. The van der Waals surface area contributed by atoms with Gasteiger partial charge in [-0.15, -0.1) is 0 Å². The fourth-order valence-corrected chi connectivity index (χ4v) is 1.30. The molecule has 0 saturated heterocycles. The van der Waals surface area contributed by atoms with Crippen molar-refractivity contribution in [2.75, 3.05) is 0 Å². The number of carbonyl (C=O) groups excluding carboxylic acids is 1. The van der Waals surface area contributed by atoms with Crippen LogP contribution in [-0.2, 0) is 9.59 Å². The van der Waals surface area contributed by atoms with Gasteiger partial charge in [0, 0.05) is 12.1 Å². The molecule has 1 amide bonds. The first kappa shape index (κ1) is 15.2. The van der Waals surface area contributed by atoms with Gasteiger partial charge < -0.3 is 15.6 Å². The maximum atomic E-state index is 10.9. The molecule has 1 rings (SSSR count). The summed E-state index contributed by atoms with van der Waals surface area (Å²) in [6.45, 7) is 1.35. The maximum absolute atomic E-state index is 10.9. The summed E-state index contributed by atoms with van der Waals surface area (Å²) in [7, 11) is 0. The van der Waals surface area contributed by atoms with Crippen molar-refractivity contribution in [3.8, 4) is 5.75 Å². The lowest BCUT2D eigenvalue weighted by Crippen LogP contribution is -2.30. The molecule has 8 nitrogen and oxygen atoms in total. The Kier molecular flexibility index (Phi) is 4.79. The molecule has 0 fully saturated rings. The van der Waals surface area contributed by atoms with Crippen molar-refractivity contribution in [2.24, 2.45) is 5.73 Å². The van der Waals surface area contributed by atoms with Crippen LogP contribution in [0.2, 0.25) is 0 Å². The van der Waals surface area contributed by atoms with Crippen molar-refractivity contribution in [2.45, 2.75) is 13.0 Å². The fraction of sp³-hybridized carbons (Fsp3) is 0.167. The van der Waals surface area contributed by atoms with Crippen molar-refractivity contribution < 1.29 is 24.4 Å². The Morgan fingerprint density at radius 2 is 2.15 bits per heavy atom. The predicted molar refractivity (Wildman–Crippen MR) is 69.1 cm³/mol. The van der Waals surface area contributed by atoms with E-state index in [-0.39, 0.29) is 11.4 Å². The summed E-state index contributed by atoms with van der Waals surface area (Å²) in [4.78, 5) is 31.5. The number of rotatable bonds is 6. The van der Waals surface area contributed by atoms with Crippen LogP contribution in [0.1, 0.15) is 12.5 Å². The molecule has 0 aromatic heterocycles. The van der Waals surface area contributed by atoms with Gasteiger partial charge in [0.15, 0.2) is 11.9 Å². The van der Waals surface area contributed by atoms with E-state index in [9.17, 15) is 19.7 Å². The number of nitrogens with zero attached hydrogens (tertiary/aromatic N) is 1. The van der Waals surface area contributed by atoms with E-state index < -0.39 is 22.9 Å². The van der Waals surface area contributed by atoms with Crippen LogP contribution < -0.4 is 10.5 Å². The Morgan fingerprint density at radius 3 is 2.65 bits per heavy atom. The van der Waals surface area contributed by atoms with Crippen LogP contribution in [-0.4, -0.2) is 28.0 Å². The maximum Gasteiger partial charge on any atom is 0.328 e. The van der Waals surface area contributed by atoms with Gasteiger partial charge in [-0.05, 0) is 30.7 Å². The van der Waals surface area contributed by atoms with Crippen LogP contribution in [0.5, 0.6) is 5.75 Å². The number of nitrogens with two attached hydrogens (primary N) is 1. The minimum atomic E-state index is -1.16. The Hall–Kier alpha value is -2.90. The van der Waals surface area contributed by atoms with Crippen molar-refractivity contribution in [3.63, 3.8) is 0 Å². The van der Waals surface area contributed by atoms with Crippen LogP contribution in [0.15, 0.2) is 24.3 Å². The zero-order chi connectivity index (χ0) is 15.3. The van der Waals surface area contributed by atoms with E-state index in [0.29, 0.717) is 5.56 Å². The molecular weight excluding hydrogens is 268 g/mol. The fourth-order valence-electron chi connectivity index (χ4n) is 1.30. The molecule has 3 N–H and O–H groups in total. The predicted octanol–water partition coefficient (Wildman–Crippen LogP) is 0.945. The lowest BCUT2D eigenvalue weighted by molar-refractivity contribution is -0.386. The number of nitro groups is 1. The molecule has 1 aromatic carbocycles. The standard InChI is InChI=1S/C12H12N2O6/c1-7(12(13)17)20-10-6-8(3-5-11(15)16)2-4-9(10)14(18)19/h2-7H,1H3,(H2,13,17)(H,15,16). The number of carboxylic acids is 1. The van der Waals surface area contributed by atoms with E-state index in [4.69, 9.17) is 15.6 Å². The highest BCUT2D eigenvalue weighted by Crippen LogP contribution is 2.29. The van der Waals surface area contributed by atoms with Gasteiger partial charge in [-0.1, -0.05) is 0 Å². The molecule has 0 bridgehead atoms. The first-order valence-corrected chi connectivity index (χ1v) is 5.46. The van der Waals surface area contributed by atoms with Crippen LogP contribution in [0, 0.1) is 10.1 Å². The van der Waals surface area contributed by atoms with E-state index in [0.717, 1.165) is 12.1 Å². The molecule has 8 heteroatoms. The number of aliphatic carboxylic acids is 1. The Balaban J connectivity index is 3.15. The molecule has 1 aromatic rings. The van der Waals surface area contributed by atoms with Crippen molar-refractivity contribution >= 4 is 23.6 Å². The minimum absolute atomic E-state index is 0.158. The summed E-state index contributed by atoms with van der Waals surface area (Å²) >= 11 is 0. The van der Waals surface area contributed by atoms with Gasteiger partial charge in [0.05, 0.1) is 4.92 Å². The summed E-state index contributed by atoms with van der Waals surface area (Å²) in [5.74, 6) is -2.09. The Labute approximate surface area is 113 Å². The highest BCUT2D eigenvalue weighted by Gasteiger charge is 2.19. The van der Waals surface area contributed by atoms with E-state index in [1.165, 1.54) is 25.1 Å². The van der Waals surface area contributed by atoms with Crippen LogP contribution in [0.3, 0.4) is 0 Å². The molecule has 0 aliphatic rings. The number of primary amides is 1. The minimum Gasteiger partial charge on any atom is -0.478 e. The van der Waals surface area contributed by atoms with Crippen molar-refractivity contribution in [1.82, 2.24) is 0 Å². The third-order valence-corrected chi connectivity index (χ3v) is 2.30. The first-order valence-electron chi connectivity index (χ1n) is 5.46. The zero-order valence-electron chi connectivity index (χ0n) is 10.5. The quantitative estimate of drug-likeness (QED) is 0.452. The van der Waals surface area contributed by atoms with E-state index in [1.54, 1.807) is 0 Å². The van der Waals surface area contributed by atoms with E-state index in [1.807, 2.05) is 0 Å². The van der Waals surface area contributed by atoms with Gasteiger partial charge in [-0.3, -0.25) is 14.9 Å². The third kappa shape index (κ3) is 4.09. The molecule has 0 heterocycles. The van der Waals surface area contributed by atoms with Gasteiger partial charge in [0.1, 0.15) is 0 Å².